The van der Waals surface area contributed by atoms with E-state index in [2.05, 4.69) is 25.6 Å². The molecule has 0 atom stereocenters. The van der Waals surface area contributed by atoms with E-state index < -0.39 is 11.7 Å². The molecule has 2 aromatic carbocycles. The Bertz CT molecular complexity index is 1120. The maximum atomic E-state index is 12.9. The molecule has 140 valence electrons. The Labute approximate surface area is 158 Å². The minimum atomic E-state index is -4.41. The van der Waals surface area contributed by atoms with E-state index in [0.717, 1.165) is 28.7 Å². The number of halogens is 3. The quantitative estimate of drug-likeness (QED) is 0.487. The summed E-state index contributed by atoms with van der Waals surface area (Å²) in [6.07, 6.45) is -1.19. The van der Waals surface area contributed by atoms with Crippen molar-refractivity contribution in [2.24, 2.45) is 0 Å². The SMILES string of the molecule is FC(F)(F)c1cccc(Nc2nccc(Nc3cccc4cccnc34)n2)c1. The molecule has 2 heterocycles. The van der Waals surface area contributed by atoms with Crippen molar-refractivity contribution in [1.29, 1.82) is 0 Å². The number of nitrogens with zero attached hydrogens (tertiary/aromatic N) is 3. The molecule has 0 aliphatic rings. The standard InChI is InChI=1S/C20H14F3N5/c21-20(22,23)14-6-2-7-15(12-14)26-19-25-11-9-17(28-19)27-16-8-1-4-13-5-3-10-24-18(13)16/h1-12H,(H2,25,26,27,28). The highest BCUT2D eigenvalue weighted by molar-refractivity contribution is 5.91. The predicted octanol–water partition coefficient (Wildman–Crippen LogP) is 5.53. The molecule has 4 rings (SSSR count). The fourth-order valence-corrected chi connectivity index (χ4v) is 2.73. The second-order valence-electron chi connectivity index (χ2n) is 5.97. The van der Waals surface area contributed by atoms with Crippen LogP contribution in [0.4, 0.5) is 36.3 Å². The molecular weight excluding hydrogens is 367 g/mol. The number of hydrogen-bond donors (Lipinski definition) is 2. The van der Waals surface area contributed by atoms with Crippen molar-refractivity contribution in [2.45, 2.75) is 6.18 Å². The van der Waals surface area contributed by atoms with Crippen LogP contribution in [0.1, 0.15) is 5.56 Å². The number of benzene rings is 2. The number of anilines is 4. The van der Waals surface area contributed by atoms with Crippen molar-refractivity contribution in [2.75, 3.05) is 10.6 Å². The molecule has 4 aromatic rings. The van der Waals surface area contributed by atoms with Crippen molar-refractivity contribution < 1.29 is 13.2 Å². The maximum Gasteiger partial charge on any atom is 0.416 e. The van der Waals surface area contributed by atoms with Crippen molar-refractivity contribution in [3.05, 3.63) is 78.6 Å². The highest BCUT2D eigenvalue weighted by atomic mass is 19.4. The van der Waals surface area contributed by atoms with Crippen LogP contribution in [-0.2, 0) is 6.18 Å². The van der Waals surface area contributed by atoms with Crippen LogP contribution < -0.4 is 10.6 Å². The van der Waals surface area contributed by atoms with E-state index in [4.69, 9.17) is 0 Å². The van der Waals surface area contributed by atoms with Crippen LogP contribution in [0.2, 0.25) is 0 Å². The molecule has 0 aliphatic heterocycles. The van der Waals surface area contributed by atoms with Gasteiger partial charge in [-0.3, -0.25) is 4.98 Å². The van der Waals surface area contributed by atoms with Gasteiger partial charge in [0, 0.05) is 23.5 Å². The van der Waals surface area contributed by atoms with Crippen molar-refractivity contribution >= 4 is 34.0 Å². The first kappa shape index (κ1) is 17.7. The summed E-state index contributed by atoms with van der Waals surface area (Å²) in [4.78, 5) is 12.8. The van der Waals surface area contributed by atoms with E-state index in [-0.39, 0.29) is 11.6 Å². The number of pyridine rings is 1. The Morgan fingerprint density at radius 1 is 0.786 bits per heavy atom. The number of fused-ring (bicyclic) bond motifs is 1. The fraction of sp³-hybridized carbons (Fsp3) is 0.0500. The van der Waals surface area contributed by atoms with Crippen LogP contribution in [0.5, 0.6) is 0 Å². The Hall–Kier alpha value is -3.68. The van der Waals surface area contributed by atoms with Crippen LogP contribution in [0, 0.1) is 0 Å². The number of nitrogens with one attached hydrogen (secondary N) is 2. The molecule has 0 bridgehead atoms. The van der Waals surface area contributed by atoms with E-state index in [1.807, 2.05) is 30.3 Å². The molecule has 2 N–H and O–H groups in total. The second kappa shape index (κ2) is 7.15. The molecule has 0 saturated heterocycles. The van der Waals surface area contributed by atoms with Crippen LogP contribution in [0.3, 0.4) is 0 Å². The predicted molar refractivity (Wildman–Crippen MR) is 102 cm³/mol. The second-order valence-corrected chi connectivity index (χ2v) is 5.97. The average molecular weight is 381 g/mol. The monoisotopic (exact) mass is 381 g/mol. The van der Waals surface area contributed by atoms with Crippen LogP contribution in [-0.4, -0.2) is 15.0 Å². The van der Waals surface area contributed by atoms with Crippen molar-refractivity contribution in [1.82, 2.24) is 15.0 Å². The lowest BCUT2D eigenvalue weighted by atomic mass is 10.2. The highest BCUT2D eigenvalue weighted by Gasteiger charge is 2.30. The Morgan fingerprint density at radius 3 is 2.46 bits per heavy atom. The number of alkyl halides is 3. The Morgan fingerprint density at radius 2 is 1.61 bits per heavy atom. The van der Waals surface area contributed by atoms with Gasteiger partial charge in [0.25, 0.3) is 0 Å². The van der Waals surface area contributed by atoms with Crippen molar-refractivity contribution in [3.8, 4) is 0 Å². The number of rotatable bonds is 4. The van der Waals surface area contributed by atoms with E-state index in [1.165, 1.54) is 18.3 Å². The minimum absolute atomic E-state index is 0.178. The smallest absolute Gasteiger partial charge is 0.338 e. The molecule has 0 fully saturated rings. The molecule has 8 heteroatoms. The van der Waals surface area contributed by atoms with Gasteiger partial charge < -0.3 is 10.6 Å². The molecule has 5 nitrogen and oxygen atoms in total. The first-order valence-corrected chi connectivity index (χ1v) is 8.37. The summed E-state index contributed by atoms with van der Waals surface area (Å²) < 4.78 is 38.6. The fourth-order valence-electron chi connectivity index (χ4n) is 2.73. The summed E-state index contributed by atoms with van der Waals surface area (Å²) in [7, 11) is 0. The third-order valence-corrected chi connectivity index (χ3v) is 4.00. The first-order chi connectivity index (χ1) is 13.5. The number of para-hydroxylation sites is 1. The summed E-state index contributed by atoms with van der Waals surface area (Å²) in [5.74, 6) is 0.667. The largest absolute Gasteiger partial charge is 0.416 e. The van der Waals surface area contributed by atoms with E-state index in [1.54, 1.807) is 12.3 Å². The van der Waals surface area contributed by atoms with Crippen molar-refractivity contribution in [3.63, 3.8) is 0 Å². The Kier molecular flexibility index (Phi) is 4.52. The van der Waals surface area contributed by atoms with Gasteiger partial charge in [-0.05, 0) is 36.4 Å². The lowest BCUT2D eigenvalue weighted by Crippen LogP contribution is -2.06. The Balaban J connectivity index is 1.58. The summed E-state index contributed by atoms with van der Waals surface area (Å²) in [5, 5.41) is 6.95. The van der Waals surface area contributed by atoms with Gasteiger partial charge in [0.1, 0.15) is 5.82 Å². The molecule has 0 radical (unpaired) electrons. The van der Waals surface area contributed by atoms with Crippen LogP contribution in [0.25, 0.3) is 10.9 Å². The van der Waals surface area contributed by atoms with E-state index >= 15 is 0 Å². The van der Waals surface area contributed by atoms with Gasteiger partial charge in [0.05, 0.1) is 16.8 Å². The van der Waals surface area contributed by atoms with Gasteiger partial charge in [0.2, 0.25) is 5.95 Å². The van der Waals surface area contributed by atoms with Gasteiger partial charge in [-0.2, -0.15) is 18.2 Å². The molecule has 0 aliphatic carbocycles. The van der Waals surface area contributed by atoms with Gasteiger partial charge in [0.15, 0.2) is 0 Å². The molecule has 0 amide bonds. The van der Waals surface area contributed by atoms with Crippen LogP contribution >= 0.6 is 0 Å². The normalized spacial score (nSPS) is 11.4. The highest BCUT2D eigenvalue weighted by Crippen LogP contribution is 2.31. The van der Waals surface area contributed by atoms with Crippen LogP contribution in [0.15, 0.2) is 73.1 Å². The van der Waals surface area contributed by atoms with E-state index in [9.17, 15) is 13.2 Å². The lowest BCUT2D eigenvalue weighted by Gasteiger charge is -2.11. The number of aromatic nitrogens is 3. The lowest BCUT2D eigenvalue weighted by molar-refractivity contribution is -0.137. The van der Waals surface area contributed by atoms with E-state index in [0.29, 0.717) is 5.82 Å². The third-order valence-electron chi connectivity index (χ3n) is 4.00. The molecule has 0 saturated carbocycles. The summed E-state index contributed by atoms with van der Waals surface area (Å²) in [6, 6.07) is 16.1. The maximum absolute atomic E-state index is 12.9. The first-order valence-electron chi connectivity index (χ1n) is 8.37. The minimum Gasteiger partial charge on any atom is -0.338 e. The molecule has 2 aromatic heterocycles. The summed E-state index contributed by atoms with van der Waals surface area (Å²) in [5.41, 5.74) is 1.06. The van der Waals surface area contributed by atoms with Gasteiger partial charge in [-0.1, -0.05) is 24.3 Å². The topological polar surface area (TPSA) is 62.7 Å². The zero-order valence-electron chi connectivity index (χ0n) is 14.4. The van der Waals surface area contributed by atoms with Gasteiger partial charge in [-0.25, -0.2) is 4.98 Å². The van der Waals surface area contributed by atoms with Gasteiger partial charge >= 0.3 is 6.18 Å². The van der Waals surface area contributed by atoms with Gasteiger partial charge in [-0.15, -0.1) is 0 Å². The average Bonchev–Trinajstić information content (AvgIpc) is 2.68. The third kappa shape index (κ3) is 3.85. The molecular formula is C20H14F3N5. The zero-order valence-corrected chi connectivity index (χ0v) is 14.4. The molecule has 0 unspecified atom stereocenters. The molecule has 0 spiro atoms. The number of hydrogen-bond acceptors (Lipinski definition) is 5. The summed E-state index contributed by atoms with van der Waals surface area (Å²) in [6.45, 7) is 0. The summed E-state index contributed by atoms with van der Waals surface area (Å²) >= 11 is 0. The molecule has 28 heavy (non-hydrogen) atoms. The zero-order chi connectivity index (χ0) is 19.6.